The minimum Gasteiger partial charge on any atom is -0.490 e. The van der Waals surface area contributed by atoms with Crippen LogP contribution in [0.2, 0.25) is 23.2 Å². The molecule has 7 heteroatoms. The van der Waals surface area contributed by atoms with Gasteiger partial charge in [0.15, 0.2) is 8.32 Å². The average molecular weight is 433 g/mol. The van der Waals surface area contributed by atoms with E-state index in [1.165, 1.54) is 6.26 Å². The summed E-state index contributed by atoms with van der Waals surface area (Å²) < 4.78 is 18.1. The van der Waals surface area contributed by atoms with Crippen LogP contribution >= 0.6 is 27.5 Å². The van der Waals surface area contributed by atoms with Gasteiger partial charge in [0.25, 0.3) is 0 Å². The van der Waals surface area contributed by atoms with Crippen molar-refractivity contribution in [2.24, 2.45) is 0 Å². The van der Waals surface area contributed by atoms with Gasteiger partial charge in [0.05, 0.1) is 23.4 Å². The minimum atomic E-state index is -1.77. The average Bonchev–Trinajstić information content (AvgIpc) is 2.98. The first-order valence-corrected chi connectivity index (χ1v) is 11.9. The maximum atomic E-state index is 6.27. The van der Waals surface area contributed by atoms with Gasteiger partial charge in [0.1, 0.15) is 18.6 Å². The lowest BCUT2D eigenvalue weighted by molar-refractivity contribution is 0.203. The molecule has 2 rings (SSSR count). The van der Waals surface area contributed by atoms with Gasteiger partial charge in [-0.15, -0.1) is 0 Å². The van der Waals surface area contributed by atoms with E-state index in [0.29, 0.717) is 29.9 Å². The summed E-state index contributed by atoms with van der Waals surface area (Å²) in [7, 11) is -1.77. The van der Waals surface area contributed by atoms with E-state index in [0.717, 1.165) is 10.0 Å². The Balaban J connectivity index is 2.02. The smallest absolute Gasteiger partial charge is 0.227 e. The van der Waals surface area contributed by atoms with Crippen molar-refractivity contribution in [1.82, 2.24) is 4.98 Å². The topological polar surface area (TPSA) is 44.5 Å². The van der Waals surface area contributed by atoms with Crippen LogP contribution in [0.5, 0.6) is 5.75 Å². The molecule has 0 aliphatic heterocycles. The largest absolute Gasteiger partial charge is 0.490 e. The standard InChI is InChI=1S/C17H23BrClNO3Si/c1-17(2,3)24(4,5)23-9-8-21-15-10-12(13(18)11-14(15)19)16-20-6-7-22-16/h6-7,10-11H,8-9H2,1-5H3. The maximum Gasteiger partial charge on any atom is 0.227 e. The van der Waals surface area contributed by atoms with Crippen molar-refractivity contribution in [3.63, 3.8) is 0 Å². The summed E-state index contributed by atoms with van der Waals surface area (Å²) in [5.41, 5.74) is 0.796. The second kappa shape index (κ2) is 7.60. The molecule has 0 saturated heterocycles. The third kappa shape index (κ3) is 4.62. The first-order valence-electron chi connectivity index (χ1n) is 7.77. The van der Waals surface area contributed by atoms with Gasteiger partial charge in [-0.25, -0.2) is 4.98 Å². The van der Waals surface area contributed by atoms with E-state index < -0.39 is 8.32 Å². The third-order valence-electron chi connectivity index (χ3n) is 4.29. The molecule has 1 aromatic carbocycles. The summed E-state index contributed by atoms with van der Waals surface area (Å²) in [6.07, 6.45) is 3.13. The zero-order chi connectivity index (χ0) is 18.0. The van der Waals surface area contributed by atoms with E-state index in [1.807, 2.05) is 6.07 Å². The van der Waals surface area contributed by atoms with Crippen LogP contribution in [-0.2, 0) is 4.43 Å². The number of rotatable bonds is 6. The lowest BCUT2D eigenvalue weighted by Crippen LogP contribution is -2.41. The van der Waals surface area contributed by atoms with Crippen molar-refractivity contribution in [2.75, 3.05) is 13.2 Å². The number of aromatic nitrogens is 1. The van der Waals surface area contributed by atoms with Crippen LogP contribution in [-0.4, -0.2) is 26.5 Å². The van der Waals surface area contributed by atoms with Gasteiger partial charge in [0, 0.05) is 4.47 Å². The molecule has 0 atom stereocenters. The van der Waals surface area contributed by atoms with Crippen LogP contribution < -0.4 is 4.74 Å². The molecule has 4 nitrogen and oxygen atoms in total. The quantitative estimate of drug-likeness (QED) is 0.405. The van der Waals surface area contributed by atoms with Gasteiger partial charge in [-0.2, -0.15) is 0 Å². The van der Waals surface area contributed by atoms with E-state index in [4.69, 9.17) is 25.2 Å². The summed E-state index contributed by atoms with van der Waals surface area (Å²) in [6, 6.07) is 3.61. The molecule has 0 bridgehead atoms. The van der Waals surface area contributed by atoms with Gasteiger partial charge in [-0.1, -0.05) is 32.4 Å². The monoisotopic (exact) mass is 431 g/mol. The molecule has 0 amide bonds. The SMILES string of the molecule is CC(C)(C)[Si](C)(C)OCCOc1cc(-c2ncco2)c(Br)cc1Cl. The summed E-state index contributed by atoms with van der Waals surface area (Å²) in [5.74, 6) is 1.10. The van der Waals surface area contributed by atoms with Crippen LogP contribution in [0.4, 0.5) is 0 Å². The fourth-order valence-corrected chi connectivity index (χ4v) is 3.71. The highest BCUT2D eigenvalue weighted by Crippen LogP contribution is 2.37. The lowest BCUT2D eigenvalue weighted by atomic mass is 10.2. The van der Waals surface area contributed by atoms with E-state index in [1.54, 1.807) is 12.3 Å². The van der Waals surface area contributed by atoms with Crippen LogP contribution in [0.15, 0.2) is 33.5 Å². The zero-order valence-electron chi connectivity index (χ0n) is 14.7. The Labute approximate surface area is 157 Å². The molecular formula is C17H23BrClNO3Si. The van der Waals surface area contributed by atoms with E-state index in [-0.39, 0.29) is 5.04 Å². The second-order valence-electron chi connectivity index (χ2n) is 7.06. The van der Waals surface area contributed by atoms with Gasteiger partial charge >= 0.3 is 0 Å². The van der Waals surface area contributed by atoms with Crippen molar-refractivity contribution in [1.29, 1.82) is 0 Å². The molecule has 0 aliphatic carbocycles. The molecule has 0 saturated carbocycles. The Bertz CT molecular complexity index is 684. The molecule has 2 aromatic rings. The fourth-order valence-electron chi connectivity index (χ4n) is 1.83. The number of nitrogens with zero attached hydrogens (tertiary/aromatic N) is 1. The fraction of sp³-hybridized carbons (Fsp3) is 0.471. The molecule has 0 radical (unpaired) electrons. The third-order valence-corrected chi connectivity index (χ3v) is 9.78. The molecule has 0 fully saturated rings. The predicted molar refractivity (Wildman–Crippen MR) is 103 cm³/mol. The molecule has 24 heavy (non-hydrogen) atoms. The van der Waals surface area contributed by atoms with Gasteiger partial charge in [-0.05, 0) is 46.2 Å². The molecule has 1 aromatic heterocycles. The van der Waals surface area contributed by atoms with Crippen LogP contribution in [0.25, 0.3) is 11.5 Å². The van der Waals surface area contributed by atoms with Gasteiger partial charge < -0.3 is 13.6 Å². The number of halogens is 2. The highest BCUT2D eigenvalue weighted by atomic mass is 79.9. The normalized spacial score (nSPS) is 12.5. The molecule has 132 valence electrons. The summed E-state index contributed by atoms with van der Waals surface area (Å²) in [6.45, 7) is 12.1. The number of hydrogen-bond acceptors (Lipinski definition) is 4. The highest BCUT2D eigenvalue weighted by Gasteiger charge is 2.36. The van der Waals surface area contributed by atoms with Crippen molar-refractivity contribution in [3.05, 3.63) is 34.1 Å². The highest BCUT2D eigenvalue weighted by molar-refractivity contribution is 9.10. The first-order chi connectivity index (χ1) is 11.1. The second-order valence-corrected chi connectivity index (χ2v) is 13.1. The first kappa shape index (κ1) is 19.5. The van der Waals surface area contributed by atoms with E-state index >= 15 is 0 Å². The summed E-state index contributed by atoms with van der Waals surface area (Å²) in [4.78, 5) is 4.16. The Morgan fingerprint density at radius 2 is 1.96 bits per heavy atom. The number of hydrogen-bond donors (Lipinski definition) is 0. The molecule has 1 heterocycles. The zero-order valence-corrected chi connectivity index (χ0v) is 18.0. The van der Waals surface area contributed by atoms with Crippen molar-refractivity contribution < 1.29 is 13.6 Å². The summed E-state index contributed by atoms with van der Waals surface area (Å²) >= 11 is 9.74. The van der Waals surface area contributed by atoms with Crippen LogP contribution in [0, 0.1) is 0 Å². The lowest BCUT2D eigenvalue weighted by Gasteiger charge is -2.36. The Morgan fingerprint density at radius 3 is 2.54 bits per heavy atom. The Morgan fingerprint density at radius 1 is 1.25 bits per heavy atom. The van der Waals surface area contributed by atoms with Crippen molar-refractivity contribution in [2.45, 2.75) is 38.9 Å². The Kier molecular flexibility index (Phi) is 6.17. The number of benzene rings is 1. The number of ether oxygens (including phenoxy) is 1. The maximum absolute atomic E-state index is 6.27. The van der Waals surface area contributed by atoms with Crippen molar-refractivity contribution in [3.8, 4) is 17.2 Å². The molecular weight excluding hydrogens is 410 g/mol. The van der Waals surface area contributed by atoms with E-state index in [2.05, 4.69) is 54.8 Å². The van der Waals surface area contributed by atoms with Gasteiger partial charge in [-0.3, -0.25) is 0 Å². The predicted octanol–water partition coefficient (Wildman–Crippen LogP) is 6.16. The van der Waals surface area contributed by atoms with Crippen LogP contribution in [0.3, 0.4) is 0 Å². The molecule has 0 N–H and O–H groups in total. The van der Waals surface area contributed by atoms with E-state index in [9.17, 15) is 0 Å². The Hall–Kier alpha value is -0.823. The number of oxazole rings is 1. The summed E-state index contributed by atoms with van der Waals surface area (Å²) in [5, 5.41) is 0.713. The van der Waals surface area contributed by atoms with Crippen molar-refractivity contribution >= 4 is 35.8 Å². The van der Waals surface area contributed by atoms with Crippen LogP contribution in [0.1, 0.15) is 20.8 Å². The molecule has 0 spiro atoms. The van der Waals surface area contributed by atoms with Gasteiger partial charge in [0.2, 0.25) is 5.89 Å². The molecule has 0 unspecified atom stereocenters. The minimum absolute atomic E-state index is 0.181. The molecule has 0 aliphatic rings.